The molecule has 0 heterocycles. The van der Waals surface area contributed by atoms with Gasteiger partial charge in [-0.15, -0.1) is 11.8 Å². The second-order valence-corrected chi connectivity index (χ2v) is 5.73. The first-order valence-electron chi connectivity index (χ1n) is 5.02. The molecule has 1 fully saturated rings. The zero-order chi connectivity index (χ0) is 10.2. The fraction of sp³-hybridized carbons (Fsp3) is 0.500. The number of hydrogen-bond donors (Lipinski definition) is 1. The van der Waals surface area contributed by atoms with Crippen LogP contribution in [0, 0.1) is 13.8 Å². The van der Waals surface area contributed by atoms with Crippen LogP contribution in [-0.4, -0.2) is 16.5 Å². The molecule has 14 heavy (non-hydrogen) atoms. The molecule has 1 N–H and O–H groups in total. The van der Waals surface area contributed by atoms with E-state index in [2.05, 4.69) is 32.0 Å². The lowest BCUT2D eigenvalue weighted by Crippen LogP contribution is -2.08. The molecule has 0 aliphatic heterocycles. The summed E-state index contributed by atoms with van der Waals surface area (Å²) in [7, 11) is 0. The first kappa shape index (κ1) is 10.1. The Morgan fingerprint density at radius 2 is 2.00 bits per heavy atom. The number of rotatable bonds is 3. The van der Waals surface area contributed by atoms with Crippen molar-refractivity contribution in [3.63, 3.8) is 0 Å². The molecule has 0 amide bonds. The summed E-state index contributed by atoms with van der Waals surface area (Å²) < 4.78 is 0.154. The van der Waals surface area contributed by atoms with E-state index in [1.54, 1.807) is 0 Å². The molecule has 1 aromatic rings. The highest BCUT2D eigenvalue weighted by molar-refractivity contribution is 8.01. The van der Waals surface area contributed by atoms with Crippen molar-refractivity contribution in [3.8, 4) is 0 Å². The van der Waals surface area contributed by atoms with E-state index in [4.69, 9.17) is 0 Å². The number of aliphatic hydroxyl groups excluding tert-OH is 1. The fourth-order valence-electron chi connectivity index (χ4n) is 1.46. The van der Waals surface area contributed by atoms with Crippen molar-refractivity contribution in [2.45, 2.75) is 36.3 Å². The maximum atomic E-state index is 9.22. The predicted molar refractivity (Wildman–Crippen MR) is 60.8 cm³/mol. The van der Waals surface area contributed by atoms with Gasteiger partial charge in [0, 0.05) is 9.64 Å². The average molecular weight is 208 g/mol. The Morgan fingerprint density at radius 3 is 2.50 bits per heavy atom. The molecule has 1 aliphatic carbocycles. The topological polar surface area (TPSA) is 20.2 Å². The Hall–Kier alpha value is -0.470. The third-order valence-electron chi connectivity index (χ3n) is 2.91. The average Bonchev–Trinajstić information content (AvgIpc) is 2.93. The number of aryl methyl sites for hydroxylation is 2. The van der Waals surface area contributed by atoms with Crippen LogP contribution in [0.5, 0.6) is 0 Å². The van der Waals surface area contributed by atoms with Crippen LogP contribution in [0.3, 0.4) is 0 Å². The number of thioether (sulfide) groups is 1. The molecule has 2 rings (SSSR count). The first-order valence-corrected chi connectivity index (χ1v) is 5.84. The molecule has 0 atom stereocenters. The molecular weight excluding hydrogens is 192 g/mol. The molecule has 1 nitrogen and oxygen atoms in total. The monoisotopic (exact) mass is 208 g/mol. The maximum absolute atomic E-state index is 9.22. The highest BCUT2D eigenvalue weighted by Gasteiger charge is 2.43. The molecule has 1 aromatic carbocycles. The van der Waals surface area contributed by atoms with Crippen LogP contribution in [-0.2, 0) is 0 Å². The Bertz CT molecular complexity index is 342. The molecule has 0 radical (unpaired) electrons. The van der Waals surface area contributed by atoms with Crippen molar-refractivity contribution >= 4 is 11.8 Å². The summed E-state index contributed by atoms with van der Waals surface area (Å²) in [5.74, 6) is 0. The lowest BCUT2D eigenvalue weighted by atomic mass is 10.1. The van der Waals surface area contributed by atoms with E-state index in [1.165, 1.54) is 16.0 Å². The zero-order valence-electron chi connectivity index (χ0n) is 8.71. The minimum atomic E-state index is 0.154. The highest BCUT2D eigenvalue weighted by atomic mass is 32.2. The Kier molecular flexibility index (Phi) is 2.58. The van der Waals surface area contributed by atoms with Gasteiger partial charge in [-0.2, -0.15) is 0 Å². The largest absolute Gasteiger partial charge is 0.395 e. The lowest BCUT2D eigenvalue weighted by molar-refractivity contribution is 0.289. The van der Waals surface area contributed by atoms with Crippen molar-refractivity contribution in [1.29, 1.82) is 0 Å². The molecule has 1 aliphatic rings. The van der Waals surface area contributed by atoms with Gasteiger partial charge in [0.15, 0.2) is 0 Å². The summed E-state index contributed by atoms with van der Waals surface area (Å²) >= 11 is 1.83. The Labute approximate surface area is 89.5 Å². The van der Waals surface area contributed by atoms with E-state index in [1.807, 2.05) is 11.8 Å². The van der Waals surface area contributed by atoms with E-state index in [0.717, 1.165) is 12.8 Å². The lowest BCUT2D eigenvalue weighted by Gasteiger charge is -2.12. The van der Waals surface area contributed by atoms with E-state index in [0.29, 0.717) is 6.61 Å². The molecule has 0 saturated heterocycles. The molecule has 0 bridgehead atoms. The van der Waals surface area contributed by atoms with Crippen LogP contribution >= 0.6 is 11.8 Å². The smallest absolute Gasteiger partial charge is 0.0581 e. The highest BCUT2D eigenvalue weighted by Crippen LogP contribution is 2.51. The van der Waals surface area contributed by atoms with Crippen LogP contribution in [0.25, 0.3) is 0 Å². The van der Waals surface area contributed by atoms with Crippen LogP contribution in [0.1, 0.15) is 24.0 Å². The molecule has 1 saturated carbocycles. The SMILES string of the molecule is Cc1ccc(SC2(CO)CC2)cc1C. The molecule has 0 unspecified atom stereocenters. The van der Waals surface area contributed by atoms with Crippen molar-refractivity contribution in [2.24, 2.45) is 0 Å². The van der Waals surface area contributed by atoms with Crippen molar-refractivity contribution in [1.82, 2.24) is 0 Å². The number of benzene rings is 1. The summed E-state index contributed by atoms with van der Waals surface area (Å²) in [5, 5.41) is 9.22. The van der Waals surface area contributed by atoms with Gasteiger partial charge in [0.05, 0.1) is 6.61 Å². The van der Waals surface area contributed by atoms with Gasteiger partial charge in [-0.25, -0.2) is 0 Å². The maximum Gasteiger partial charge on any atom is 0.0581 e. The second-order valence-electron chi connectivity index (χ2n) is 4.19. The zero-order valence-corrected chi connectivity index (χ0v) is 9.53. The van der Waals surface area contributed by atoms with E-state index in [-0.39, 0.29) is 4.75 Å². The third kappa shape index (κ3) is 1.96. The minimum absolute atomic E-state index is 0.154. The normalized spacial score (nSPS) is 18.2. The molecule has 0 spiro atoms. The summed E-state index contributed by atoms with van der Waals surface area (Å²) in [6.45, 7) is 4.57. The van der Waals surface area contributed by atoms with Gasteiger partial charge in [-0.3, -0.25) is 0 Å². The number of hydrogen-bond acceptors (Lipinski definition) is 2. The second kappa shape index (κ2) is 3.59. The van der Waals surface area contributed by atoms with Crippen LogP contribution in [0.15, 0.2) is 23.1 Å². The minimum Gasteiger partial charge on any atom is -0.395 e. The Balaban J connectivity index is 2.14. The molecule has 0 aromatic heterocycles. The molecule has 2 heteroatoms. The van der Waals surface area contributed by atoms with E-state index in [9.17, 15) is 5.11 Å². The van der Waals surface area contributed by atoms with Gasteiger partial charge in [0.1, 0.15) is 0 Å². The summed E-state index contributed by atoms with van der Waals surface area (Å²) in [6.07, 6.45) is 2.31. The van der Waals surface area contributed by atoms with Crippen molar-refractivity contribution in [3.05, 3.63) is 29.3 Å². The third-order valence-corrected chi connectivity index (χ3v) is 4.37. The Morgan fingerprint density at radius 1 is 1.29 bits per heavy atom. The van der Waals surface area contributed by atoms with Gasteiger partial charge < -0.3 is 5.11 Å². The van der Waals surface area contributed by atoms with Crippen molar-refractivity contribution in [2.75, 3.05) is 6.61 Å². The predicted octanol–water partition coefficient (Wildman–Crippen LogP) is 2.92. The fourth-order valence-corrected chi connectivity index (χ4v) is 2.70. The van der Waals surface area contributed by atoms with Crippen LogP contribution in [0.2, 0.25) is 0 Å². The molecular formula is C12H16OS. The van der Waals surface area contributed by atoms with Crippen LogP contribution in [0.4, 0.5) is 0 Å². The van der Waals surface area contributed by atoms with Gasteiger partial charge >= 0.3 is 0 Å². The standard InChI is InChI=1S/C12H16OS/c1-9-3-4-11(7-10(9)2)14-12(8-13)5-6-12/h3-4,7,13H,5-6,8H2,1-2H3. The van der Waals surface area contributed by atoms with Gasteiger partial charge in [0.25, 0.3) is 0 Å². The van der Waals surface area contributed by atoms with Crippen molar-refractivity contribution < 1.29 is 5.11 Å². The summed E-state index contributed by atoms with van der Waals surface area (Å²) in [4.78, 5) is 1.29. The summed E-state index contributed by atoms with van der Waals surface area (Å²) in [5.41, 5.74) is 2.67. The quantitative estimate of drug-likeness (QED) is 0.824. The van der Waals surface area contributed by atoms with E-state index < -0.39 is 0 Å². The van der Waals surface area contributed by atoms with Gasteiger partial charge in [-0.1, -0.05) is 6.07 Å². The summed E-state index contributed by atoms with van der Waals surface area (Å²) in [6, 6.07) is 6.53. The van der Waals surface area contributed by atoms with E-state index >= 15 is 0 Å². The first-order chi connectivity index (χ1) is 6.65. The molecule has 76 valence electrons. The van der Waals surface area contributed by atoms with Gasteiger partial charge in [0.2, 0.25) is 0 Å². The van der Waals surface area contributed by atoms with Crippen LogP contribution < -0.4 is 0 Å². The number of aliphatic hydroxyl groups is 1. The van der Waals surface area contributed by atoms with Gasteiger partial charge in [-0.05, 0) is 49.9 Å².